The Morgan fingerprint density at radius 1 is 1.47 bits per heavy atom. The Labute approximate surface area is 100 Å². The predicted octanol–water partition coefficient (Wildman–Crippen LogP) is 0.133. The number of sulfone groups is 1. The molecule has 0 aliphatic carbocycles. The van der Waals surface area contributed by atoms with Gasteiger partial charge in [-0.25, -0.2) is 8.42 Å². The van der Waals surface area contributed by atoms with Gasteiger partial charge in [0.2, 0.25) is 0 Å². The Morgan fingerprint density at radius 3 is 2.65 bits per heavy atom. The summed E-state index contributed by atoms with van der Waals surface area (Å²) in [5.74, 6) is -0.519. The smallest absolute Gasteiger partial charge is 0.322 e. The van der Waals surface area contributed by atoms with Crippen LogP contribution in [0.4, 0.5) is 0 Å². The number of hydrogen-bond acceptors (Lipinski definition) is 5. The van der Waals surface area contributed by atoms with Gasteiger partial charge in [0, 0.05) is 6.26 Å². The SMILES string of the molecule is COC(=O)C(N)Cc1cccc(S(C)(=O)=O)c1. The first-order valence-corrected chi connectivity index (χ1v) is 6.86. The number of carbonyl (C=O) groups is 1. The van der Waals surface area contributed by atoms with Crippen molar-refractivity contribution in [3.8, 4) is 0 Å². The lowest BCUT2D eigenvalue weighted by Crippen LogP contribution is -2.33. The first-order chi connectivity index (χ1) is 7.84. The van der Waals surface area contributed by atoms with E-state index in [0.29, 0.717) is 5.56 Å². The maximum atomic E-state index is 11.3. The molecule has 2 N–H and O–H groups in total. The highest BCUT2D eigenvalue weighted by Crippen LogP contribution is 2.12. The molecule has 0 aromatic heterocycles. The maximum Gasteiger partial charge on any atom is 0.322 e. The van der Waals surface area contributed by atoms with Gasteiger partial charge in [0.1, 0.15) is 6.04 Å². The van der Waals surface area contributed by atoms with E-state index in [4.69, 9.17) is 5.73 Å². The second-order valence-electron chi connectivity index (χ2n) is 3.75. The molecule has 1 aromatic carbocycles. The fraction of sp³-hybridized carbons (Fsp3) is 0.364. The molecule has 0 heterocycles. The van der Waals surface area contributed by atoms with Crippen LogP contribution in [0.15, 0.2) is 29.2 Å². The number of nitrogens with two attached hydrogens (primary N) is 1. The summed E-state index contributed by atoms with van der Waals surface area (Å²) in [7, 11) is -1.98. The van der Waals surface area contributed by atoms with E-state index in [-0.39, 0.29) is 11.3 Å². The second kappa shape index (κ2) is 5.29. The quantitative estimate of drug-likeness (QED) is 0.775. The highest BCUT2D eigenvalue weighted by molar-refractivity contribution is 7.90. The molecule has 0 saturated carbocycles. The van der Waals surface area contributed by atoms with Crippen LogP contribution in [0, 0.1) is 0 Å². The standard InChI is InChI=1S/C11H15NO4S/c1-16-11(13)10(12)7-8-4-3-5-9(6-8)17(2,14)15/h3-6,10H,7,12H2,1-2H3. The van der Waals surface area contributed by atoms with Gasteiger partial charge < -0.3 is 10.5 Å². The molecule has 1 atom stereocenters. The van der Waals surface area contributed by atoms with Gasteiger partial charge in [-0.2, -0.15) is 0 Å². The molecule has 0 aliphatic heterocycles. The van der Waals surface area contributed by atoms with Gasteiger partial charge >= 0.3 is 5.97 Å². The zero-order valence-electron chi connectivity index (χ0n) is 9.71. The van der Waals surface area contributed by atoms with Crippen molar-refractivity contribution >= 4 is 15.8 Å². The van der Waals surface area contributed by atoms with E-state index in [1.165, 1.54) is 19.2 Å². The van der Waals surface area contributed by atoms with Crippen LogP contribution in [0.1, 0.15) is 5.56 Å². The normalized spacial score (nSPS) is 13.1. The number of esters is 1. The Hall–Kier alpha value is -1.40. The van der Waals surface area contributed by atoms with Crippen LogP contribution in [-0.2, 0) is 25.8 Å². The highest BCUT2D eigenvalue weighted by atomic mass is 32.2. The number of rotatable bonds is 4. The average Bonchev–Trinajstić information content (AvgIpc) is 2.27. The van der Waals surface area contributed by atoms with E-state index in [1.807, 2.05) is 0 Å². The van der Waals surface area contributed by atoms with Gasteiger partial charge in [0.05, 0.1) is 12.0 Å². The Bertz CT molecular complexity index is 510. The lowest BCUT2D eigenvalue weighted by Gasteiger charge is -2.09. The first-order valence-electron chi connectivity index (χ1n) is 4.97. The molecular formula is C11H15NO4S. The van der Waals surface area contributed by atoms with E-state index < -0.39 is 21.8 Å². The zero-order valence-corrected chi connectivity index (χ0v) is 10.5. The summed E-state index contributed by atoms with van der Waals surface area (Å²) < 4.78 is 27.2. The fourth-order valence-electron chi connectivity index (χ4n) is 1.39. The average molecular weight is 257 g/mol. The Balaban J connectivity index is 2.90. The number of hydrogen-bond donors (Lipinski definition) is 1. The molecule has 6 heteroatoms. The van der Waals surface area contributed by atoms with Crippen molar-refractivity contribution in [3.05, 3.63) is 29.8 Å². The van der Waals surface area contributed by atoms with Crippen LogP contribution in [0.5, 0.6) is 0 Å². The summed E-state index contributed by atoms with van der Waals surface area (Å²) in [6.07, 6.45) is 1.38. The number of methoxy groups -OCH3 is 1. The maximum absolute atomic E-state index is 11.3. The van der Waals surface area contributed by atoms with Crippen molar-refractivity contribution in [2.75, 3.05) is 13.4 Å². The van der Waals surface area contributed by atoms with Gasteiger partial charge in [-0.15, -0.1) is 0 Å². The van der Waals surface area contributed by atoms with Gasteiger partial charge in [-0.3, -0.25) is 4.79 Å². The molecule has 0 amide bonds. The minimum Gasteiger partial charge on any atom is -0.468 e. The van der Waals surface area contributed by atoms with E-state index >= 15 is 0 Å². The van der Waals surface area contributed by atoms with Crippen LogP contribution in [0.25, 0.3) is 0 Å². The zero-order chi connectivity index (χ0) is 13.1. The molecule has 17 heavy (non-hydrogen) atoms. The summed E-state index contributed by atoms with van der Waals surface area (Å²) in [6, 6.07) is 5.57. The monoisotopic (exact) mass is 257 g/mol. The number of benzene rings is 1. The lowest BCUT2D eigenvalue weighted by molar-refractivity contribution is -0.142. The van der Waals surface area contributed by atoms with Gasteiger partial charge in [0.15, 0.2) is 9.84 Å². The lowest BCUT2D eigenvalue weighted by atomic mass is 10.1. The van der Waals surface area contributed by atoms with Crippen LogP contribution in [-0.4, -0.2) is 33.8 Å². The number of carbonyl (C=O) groups excluding carboxylic acids is 1. The van der Waals surface area contributed by atoms with E-state index in [2.05, 4.69) is 4.74 Å². The molecule has 1 unspecified atom stereocenters. The van der Waals surface area contributed by atoms with Crippen LogP contribution < -0.4 is 5.73 Å². The number of ether oxygens (including phenoxy) is 1. The summed E-state index contributed by atoms with van der Waals surface area (Å²) in [5.41, 5.74) is 6.28. The molecule has 5 nitrogen and oxygen atoms in total. The van der Waals surface area contributed by atoms with Gasteiger partial charge in [0.25, 0.3) is 0 Å². The third-order valence-corrected chi connectivity index (χ3v) is 3.40. The Morgan fingerprint density at radius 2 is 2.12 bits per heavy atom. The Kier molecular flexibility index (Phi) is 4.25. The molecule has 1 aromatic rings. The minimum absolute atomic E-state index is 0.215. The van der Waals surface area contributed by atoms with E-state index in [9.17, 15) is 13.2 Å². The third kappa shape index (κ3) is 3.83. The van der Waals surface area contributed by atoms with E-state index in [1.54, 1.807) is 12.1 Å². The highest BCUT2D eigenvalue weighted by Gasteiger charge is 2.15. The molecule has 0 spiro atoms. The first kappa shape index (κ1) is 13.7. The molecule has 0 saturated heterocycles. The summed E-state index contributed by atoms with van der Waals surface area (Å²) in [5, 5.41) is 0. The van der Waals surface area contributed by atoms with Crippen LogP contribution in [0.3, 0.4) is 0 Å². The van der Waals surface area contributed by atoms with Gasteiger partial charge in [-0.05, 0) is 24.1 Å². The minimum atomic E-state index is -3.24. The summed E-state index contributed by atoms with van der Waals surface area (Å²) in [6.45, 7) is 0. The predicted molar refractivity (Wildman–Crippen MR) is 63.2 cm³/mol. The molecule has 0 bridgehead atoms. The molecule has 94 valence electrons. The van der Waals surface area contributed by atoms with Crippen molar-refractivity contribution in [2.45, 2.75) is 17.4 Å². The molecule has 1 rings (SSSR count). The molecule has 0 radical (unpaired) electrons. The largest absolute Gasteiger partial charge is 0.468 e. The van der Waals surface area contributed by atoms with Crippen molar-refractivity contribution in [1.29, 1.82) is 0 Å². The van der Waals surface area contributed by atoms with E-state index in [0.717, 1.165) is 6.26 Å². The molecule has 0 fully saturated rings. The van der Waals surface area contributed by atoms with Crippen molar-refractivity contribution < 1.29 is 17.9 Å². The fourth-order valence-corrected chi connectivity index (χ4v) is 2.08. The third-order valence-electron chi connectivity index (χ3n) is 2.29. The van der Waals surface area contributed by atoms with Crippen molar-refractivity contribution in [3.63, 3.8) is 0 Å². The molecular weight excluding hydrogens is 242 g/mol. The van der Waals surface area contributed by atoms with Gasteiger partial charge in [-0.1, -0.05) is 12.1 Å². The van der Waals surface area contributed by atoms with Crippen molar-refractivity contribution in [1.82, 2.24) is 0 Å². The summed E-state index contributed by atoms with van der Waals surface area (Å²) >= 11 is 0. The second-order valence-corrected chi connectivity index (χ2v) is 5.77. The van der Waals surface area contributed by atoms with Crippen LogP contribution >= 0.6 is 0 Å². The molecule has 0 aliphatic rings. The van der Waals surface area contributed by atoms with Crippen molar-refractivity contribution in [2.24, 2.45) is 5.73 Å². The summed E-state index contributed by atoms with van der Waals surface area (Å²) in [4.78, 5) is 11.3. The topological polar surface area (TPSA) is 86.5 Å². The van der Waals surface area contributed by atoms with Crippen LogP contribution in [0.2, 0.25) is 0 Å².